The van der Waals surface area contributed by atoms with Gasteiger partial charge in [0.15, 0.2) is 0 Å². The Morgan fingerprint density at radius 1 is 1.50 bits per heavy atom. The number of aliphatic hydroxyl groups is 1. The van der Waals surface area contributed by atoms with E-state index in [0.717, 1.165) is 0 Å². The van der Waals surface area contributed by atoms with E-state index in [9.17, 15) is 9.50 Å². The number of rotatable bonds is 7. The van der Waals surface area contributed by atoms with E-state index >= 15 is 0 Å². The van der Waals surface area contributed by atoms with Crippen molar-refractivity contribution in [3.05, 3.63) is 34.6 Å². The quantitative estimate of drug-likeness (QED) is 0.802. The Hall–Kier alpha value is -0.680. The lowest BCUT2D eigenvalue weighted by molar-refractivity contribution is -0.0380. The van der Waals surface area contributed by atoms with E-state index in [2.05, 4.69) is 0 Å². The predicted molar refractivity (Wildman–Crippen MR) is 70.2 cm³/mol. The van der Waals surface area contributed by atoms with Crippen LogP contribution in [0.4, 0.5) is 4.39 Å². The molecule has 0 saturated heterocycles. The molecule has 1 rings (SSSR count). The van der Waals surface area contributed by atoms with Crippen LogP contribution >= 0.6 is 11.6 Å². The van der Waals surface area contributed by atoms with Crippen molar-refractivity contribution >= 4 is 11.6 Å². The third kappa shape index (κ3) is 4.21. The van der Waals surface area contributed by atoms with Gasteiger partial charge in [0.2, 0.25) is 0 Å². The summed E-state index contributed by atoms with van der Waals surface area (Å²) in [5.41, 5.74) is 4.71. The molecule has 5 heteroatoms. The first kappa shape index (κ1) is 15.4. The van der Waals surface area contributed by atoms with E-state index in [1.165, 1.54) is 13.2 Å². The number of hydrogen-bond acceptors (Lipinski definition) is 3. The molecule has 0 bridgehead atoms. The average molecular weight is 276 g/mol. The highest BCUT2D eigenvalue weighted by Crippen LogP contribution is 2.25. The molecule has 0 amide bonds. The molecule has 102 valence electrons. The summed E-state index contributed by atoms with van der Waals surface area (Å²) < 4.78 is 18.8. The van der Waals surface area contributed by atoms with Crippen molar-refractivity contribution in [2.45, 2.75) is 24.9 Å². The molecule has 3 nitrogen and oxygen atoms in total. The van der Waals surface area contributed by atoms with Crippen LogP contribution < -0.4 is 5.73 Å². The Morgan fingerprint density at radius 3 is 2.83 bits per heavy atom. The maximum Gasteiger partial charge on any atom is 0.145 e. The van der Waals surface area contributed by atoms with Gasteiger partial charge in [-0.3, -0.25) is 0 Å². The number of ether oxygens (including phenoxy) is 1. The van der Waals surface area contributed by atoms with E-state index in [4.69, 9.17) is 22.1 Å². The molecule has 1 aromatic carbocycles. The van der Waals surface area contributed by atoms with Gasteiger partial charge in [0.05, 0.1) is 17.2 Å². The zero-order valence-corrected chi connectivity index (χ0v) is 11.2. The number of halogens is 2. The fourth-order valence-electron chi connectivity index (χ4n) is 1.95. The molecular formula is C13H19ClFNO2. The smallest absolute Gasteiger partial charge is 0.145 e. The van der Waals surface area contributed by atoms with Crippen molar-refractivity contribution in [1.82, 2.24) is 0 Å². The van der Waals surface area contributed by atoms with Gasteiger partial charge < -0.3 is 15.6 Å². The van der Waals surface area contributed by atoms with E-state index in [1.54, 1.807) is 12.1 Å². The van der Waals surface area contributed by atoms with E-state index in [-0.39, 0.29) is 18.1 Å². The van der Waals surface area contributed by atoms with E-state index in [0.29, 0.717) is 24.9 Å². The molecule has 1 aromatic rings. The molecule has 1 unspecified atom stereocenters. The summed E-state index contributed by atoms with van der Waals surface area (Å²) in [6.07, 6.45) is 1.28. The SMILES string of the molecule is COCC(O)(CCCN)Cc1cccc(Cl)c1F. The van der Waals surface area contributed by atoms with Crippen molar-refractivity contribution in [3.8, 4) is 0 Å². The first-order valence-corrected chi connectivity index (χ1v) is 6.24. The van der Waals surface area contributed by atoms with E-state index < -0.39 is 11.4 Å². The molecule has 0 radical (unpaired) electrons. The van der Waals surface area contributed by atoms with Crippen LogP contribution in [0.2, 0.25) is 5.02 Å². The second-order valence-corrected chi connectivity index (χ2v) is 4.85. The molecular weight excluding hydrogens is 257 g/mol. The molecule has 0 fully saturated rings. The lowest BCUT2D eigenvalue weighted by atomic mass is 9.90. The summed E-state index contributed by atoms with van der Waals surface area (Å²) in [6.45, 7) is 0.614. The normalized spacial score (nSPS) is 14.5. The third-order valence-corrected chi connectivity index (χ3v) is 3.10. The molecule has 3 N–H and O–H groups in total. The van der Waals surface area contributed by atoms with Crippen LogP contribution in [0.1, 0.15) is 18.4 Å². The van der Waals surface area contributed by atoms with Crippen LogP contribution in [-0.4, -0.2) is 31.0 Å². The summed E-state index contributed by atoms with van der Waals surface area (Å²) in [4.78, 5) is 0. The molecule has 0 saturated carbocycles. The molecule has 0 aliphatic rings. The van der Waals surface area contributed by atoms with Gasteiger partial charge in [0.25, 0.3) is 0 Å². The van der Waals surface area contributed by atoms with Gasteiger partial charge in [0, 0.05) is 13.5 Å². The number of benzene rings is 1. The van der Waals surface area contributed by atoms with E-state index in [1.807, 2.05) is 0 Å². The first-order chi connectivity index (χ1) is 8.52. The highest BCUT2D eigenvalue weighted by atomic mass is 35.5. The van der Waals surface area contributed by atoms with Crippen LogP contribution in [0, 0.1) is 5.82 Å². The van der Waals surface area contributed by atoms with Crippen molar-refractivity contribution < 1.29 is 14.2 Å². The molecule has 1 atom stereocenters. The topological polar surface area (TPSA) is 55.5 Å². The maximum atomic E-state index is 13.8. The predicted octanol–water partition coefficient (Wildman–Crippen LogP) is 2.14. The summed E-state index contributed by atoms with van der Waals surface area (Å²) in [5, 5.41) is 10.5. The second-order valence-electron chi connectivity index (χ2n) is 4.44. The number of nitrogens with two attached hydrogens (primary N) is 1. The standard InChI is InChI=1S/C13H19ClFNO2/c1-18-9-13(17,6-3-7-16)8-10-4-2-5-11(14)12(10)15/h2,4-5,17H,3,6-9,16H2,1H3. The zero-order valence-electron chi connectivity index (χ0n) is 10.5. The van der Waals surface area contributed by atoms with Crippen molar-refractivity contribution in [1.29, 1.82) is 0 Å². The van der Waals surface area contributed by atoms with Gasteiger partial charge in [-0.2, -0.15) is 0 Å². The molecule has 18 heavy (non-hydrogen) atoms. The third-order valence-electron chi connectivity index (χ3n) is 2.81. The second kappa shape index (κ2) is 7.04. The van der Waals surface area contributed by atoms with Gasteiger partial charge in [-0.1, -0.05) is 23.7 Å². The molecule has 0 heterocycles. The lowest BCUT2D eigenvalue weighted by Gasteiger charge is -2.27. The molecule has 0 aromatic heterocycles. The molecule has 0 spiro atoms. The Morgan fingerprint density at radius 2 is 2.22 bits per heavy atom. The number of hydrogen-bond donors (Lipinski definition) is 2. The summed E-state index contributed by atoms with van der Waals surface area (Å²) in [5.74, 6) is -0.485. The molecule has 0 aliphatic heterocycles. The minimum absolute atomic E-state index is 0.0612. The van der Waals surface area contributed by atoms with Crippen LogP contribution in [0.5, 0.6) is 0 Å². The minimum Gasteiger partial charge on any atom is -0.387 e. The fourth-order valence-corrected chi connectivity index (χ4v) is 2.14. The summed E-state index contributed by atoms with van der Waals surface area (Å²) in [6, 6.07) is 4.76. The van der Waals surface area contributed by atoms with Crippen molar-refractivity contribution in [2.75, 3.05) is 20.3 Å². The highest BCUT2D eigenvalue weighted by molar-refractivity contribution is 6.30. The minimum atomic E-state index is -1.11. The Kier molecular flexibility index (Phi) is 6.02. The Labute approximate surface area is 112 Å². The van der Waals surface area contributed by atoms with Gasteiger partial charge in [-0.05, 0) is 31.0 Å². The first-order valence-electron chi connectivity index (χ1n) is 5.86. The van der Waals surface area contributed by atoms with Gasteiger partial charge in [0.1, 0.15) is 5.82 Å². The monoisotopic (exact) mass is 275 g/mol. The zero-order chi connectivity index (χ0) is 13.6. The Balaban J connectivity index is 2.85. The number of methoxy groups -OCH3 is 1. The van der Waals surface area contributed by atoms with Crippen LogP contribution in [0.25, 0.3) is 0 Å². The Bertz CT molecular complexity index is 389. The fraction of sp³-hybridized carbons (Fsp3) is 0.538. The maximum absolute atomic E-state index is 13.8. The van der Waals surface area contributed by atoms with Crippen LogP contribution in [0.3, 0.4) is 0 Å². The summed E-state index contributed by atoms with van der Waals surface area (Å²) in [7, 11) is 1.50. The summed E-state index contributed by atoms with van der Waals surface area (Å²) >= 11 is 5.72. The lowest BCUT2D eigenvalue weighted by Crippen LogP contribution is -2.37. The largest absolute Gasteiger partial charge is 0.387 e. The highest BCUT2D eigenvalue weighted by Gasteiger charge is 2.28. The van der Waals surface area contributed by atoms with Gasteiger partial charge in [-0.15, -0.1) is 0 Å². The average Bonchev–Trinajstić information content (AvgIpc) is 2.33. The van der Waals surface area contributed by atoms with Crippen LogP contribution in [0.15, 0.2) is 18.2 Å². The van der Waals surface area contributed by atoms with Crippen molar-refractivity contribution in [3.63, 3.8) is 0 Å². The van der Waals surface area contributed by atoms with Crippen LogP contribution in [-0.2, 0) is 11.2 Å². The van der Waals surface area contributed by atoms with Gasteiger partial charge >= 0.3 is 0 Å². The van der Waals surface area contributed by atoms with Crippen molar-refractivity contribution in [2.24, 2.45) is 5.73 Å². The molecule has 0 aliphatic carbocycles. The van der Waals surface area contributed by atoms with Gasteiger partial charge in [-0.25, -0.2) is 4.39 Å².